The van der Waals surface area contributed by atoms with Crippen molar-refractivity contribution in [2.24, 2.45) is 5.41 Å². The normalized spacial score (nSPS) is 21.5. The second kappa shape index (κ2) is 8.53. The molecule has 2 aliphatic heterocycles. The quantitative estimate of drug-likeness (QED) is 0.822. The number of amides is 1. The highest BCUT2D eigenvalue weighted by Gasteiger charge is 2.44. The Morgan fingerprint density at radius 2 is 1.65 bits per heavy atom. The van der Waals surface area contributed by atoms with Crippen LogP contribution in [0.2, 0.25) is 0 Å². The molecule has 1 aliphatic carbocycles. The van der Waals surface area contributed by atoms with Crippen LogP contribution in [0, 0.1) is 22.6 Å². The van der Waals surface area contributed by atoms with E-state index < -0.39 is 0 Å². The third-order valence-corrected chi connectivity index (χ3v) is 6.01. The monoisotopic (exact) mass is 357 g/mol. The molecule has 1 N–H and O–H groups in total. The van der Waals surface area contributed by atoms with Crippen LogP contribution in [-0.2, 0) is 4.79 Å². The Bertz CT molecular complexity index is 659. The molecule has 1 saturated carbocycles. The SMILES string of the molecule is C1CCCCC1.N#Cc1ccc(N2CCC3(CCNC3=O)CC2)c(F)c1. The summed E-state index contributed by atoms with van der Waals surface area (Å²) in [4.78, 5) is 13.9. The second-order valence-electron chi connectivity index (χ2n) is 7.67. The number of carbonyl (C=O) groups excluding carboxylic acids is 1. The number of nitrogens with one attached hydrogen (secondary N) is 1. The lowest BCUT2D eigenvalue weighted by atomic mass is 9.77. The van der Waals surface area contributed by atoms with Crippen molar-refractivity contribution >= 4 is 11.6 Å². The van der Waals surface area contributed by atoms with Gasteiger partial charge >= 0.3 is 0 Å². The van der Waals surface area contributed by atoms with Crippen LogP contribution in [0.15, 0.2) is 18.2 Å². The number of nitriles is 1. The van der Waals surface area contributed by atoms with Crippen LogP contribution in [0.25, 0.3) is 0 Å². The fourth-order valence-electron chi connectivity index (χ4n) is 4.26. The molecule has 0 radical (unpaired) electrons. The summed E-state index contributed by atoms with van der Waals surface area (Å²) >= 11 is 0. The molecule has 3 aliphatic rings. The van der Waals surface area contributed by atoms with Gasteiger partial charge in [0.2, 0.25) is 5.91 Å². The molecule has 2 saturated heterocycles. The first-order valence-electron chi connectivity index (χ1n) is 9.88. The van der Waals surface area contributed by atoms with E-state index in [1.807, 2.05) is 11.0 Å². The Morgan fingerprint density at radius 1 is 1.04 bits per heavy atom. The van der Waals surface area contributed by atoms with Gasteiger partial charge in [-0.1, -0.05) is 38.5 Å². The predicted octanol–water partition coefficient (Wildman–Crippen LogP) is 4.14. The zero-order valence-corrected chi connectivity index (χ0v) is 15.4. The van der Waals surface area contributed by atoms with Gasteiger partial charge in [0.05, 0.1) is 22.7 Å². The molecule has 0 unspecified atom stereocenters. The Kier molecular flexibility index (Phi) is 6.13. The first-order chi connectivity index (χ1) is 12.6. The molecule has 0 atom stereocenters. The highest BCUT2D eigenvalue weighted by atomic mass is 19.1. The molecule has 1 spiro atoms. The van der Waals surface area contributed by atoms with Crippen molar-refractivity contribution in [3.63, 3.8) is 0 Å². The molecule has 4 rings (SSSR count). The Labute approximate surface area is 155 Å². The zero-order chi connectivity index (χ0) is 18.4. The van der Waals surface area contributed by atoms with Crippen molar-refractivity contribution in [2.75, 3.05) is 24.5 Å². The number of piperidine rings is 1. The molecular formula is C21H28FN3O. The Balaban J connectivity index is 0.000000278. The molecule has 4 nitrogen and oxygen atoms in total. The largest absolute Gasteiger partial charge is 0.369 e. The molecule has 1 aromatic carbocycles. The lowest BCUT2D eigenvalue weighted by Crippen LogP contribution is -2.44. The molecular weight excluding hydrogens is 329 g/mol. The van der Waals surface area contributed by atoms with E-state index >= 15 is 0 Å². The zero-order valence-electron chi connectivity index (χ0n) is 15.4. The molecule has 140 valence electrons. The van der Waals surface area contributed by atoms with Crippen molar-refractivity contribution in [1.29, 1.82) is 5.26 Å². The maximum absolute atomic E-state index is 14.0. The minimum Gasteiger partial charge on any atom is -0.369 e. The molecule has 1 aromatic rings. The standard InChI is InChI=1S/C15H16FN3O.C6H12/c16-12-9-11(10-17)1-2-13(12)19-7-4-15(5-8-19)3-6-18-14(15)20;1-2-4-6-5-3-1/h1-2,9H,3-8H2,(H,18,20);1-6H2. The average Bonchev–Trinajstić information content (AvgIpc) is 3.04. The number of nitrogens with zero attached hydrogens (tertiary/aromatic N) is 2. The van der Waals surface area contributed by atoms with Gasteiger partial charge in [0.15, 0.2) is 0 Å². The Hall–Kier alpha value is -2.09. The predicted molar refractivity (Wildman–Crippen MR) is 100 cm³/mol. The number of halogens is 1. The van der Waals surface area contributed by atoms with Gasteiger partial charge < -0.3 is 10.2 Å². The highest BCUT2D eigenvalue weighted by molar-refractivity contribution is 5.85. The number of anilines is 1. The van der Waals surface area contributed by atoms with Crippen LogP contribution in [0.1, 0.15) is 63.4 Å². The molecule has 1 amide bonds. The van der Waals surface area contributed by atoms with E-state index in [0.29, 0.717) is 24.3 Å². The smallest absolute Gasteiger partial charge is 0.226 e. The van der Waals surface area contributed by atoms with Crippen molar-refractivity contribution in [1.82, 2.24) is 5.32 Å². The maximum atomic E-state index is 14.0. The summed E-state index contributed by atoms with van der Waals surface area (Å²) in [6.45, 7) is 2.11. The van der Waals surface area contributed by atoms with Gasteiger partial charge in [0, 0.05) is 19.6 Å². The van der Waals surface area contributed by atoms with Crippen LogP contribution in [0.3, 0.4) is 0 Å². The van der Waals surface area contributed by atoms with Crippen molar-refractivity contribution < 1.29 is 9.18 Å². The van der Waals surface area contributed by atoms with E-state index in [2.05, 4.69) is 5.32 Å². The fourth-order valence-corrected chi connectivity index (χ4v) is 4.26. The summed E-state index contributed by atoms with van der Waals surface area (Å²) in [5.74, 6) is -0.215. The number of rotatable bonds is 1. The summed E-state index contributed by atoms with van der Waals surface area (Å²) in [7, 11) is 0. The van der Waals surface area contributed by atoms with Crippen molar-refractivity contribution in [3.8, 4) is 6.07 Å². The van der Waals surface area contributed by atoms with Gasteiger partial charge in [0.1, 0.15) is 5.82 Å². The third kappa shape index (κ3) is 4.17. The summed E-state index contributed by atoms with van der Waals surface area (Å²) in [5.41, 5.74) is 0.617. The van der Waals surface area contributed by atoms with Crippen molar-refractivity contribution in [2.45, 2.75) is 57.8 Å². The van der Waals surface area contributed by atoms with Gasteiger partial charge in [-0.25, -0.2) is 4.39 Å². The van der Waals surface area contributed by atoms with Gasteiger partial charge in [-0.2, -0.15) is 5.26 Å². The number of benzene rings is 1. The fraction of sp³-hybridized carbons (Fsp3) is 0.619. The summed E-state index contributed by atoms with van der Waals surface area (Å²) in [6.07, 6.45) is 11.4. The van der Waals surface area contributed by atoms with Crippen LogP contribution in [-0.4, -0.2) is 25.5 Å². The third-order valence-electron chi connectivity index (χ3n) is 6.01. The van der Waals surface area contributed by atoms with E-state index in [-0.39, 0.29) is 17.1 Å². The van der Waals surface area contributed by atoms with Gasteiger partial charge in [-0.05, 0) is 37.5 Å². The topological polar surface area (TPSA) is 56.1 Å². The van der Waals surface area contributed by atoms with Crippen LogP contribution in [0.5, 0.6) is 0 Å². The first-order valence-corrected chi connectivity index (χ1v) is 9.88. The van der Waals surface area contributed by atoms with Crippen LogP contribution in [0.4, 0.5) is 10.1 Å². The molecule has 2 heterocycles. The van der Waals surface area contributed by atoms with E-state index in [9.17, 15) is 9.18 Å². The minimum atomic E-state index is -0.365. The summed E-state index contributed by atoms with van der Waals surface area (Å²) in [5, 5.41) is 11.7. The van der Waals surface area contributed by atoms with E-state index in [4.69, 9.17) is 5.26 Å². The number of hydrogen-bond donors (Lipinski definition) is 1. The summed E-state index contributed by atoms with van der Waals surface area (Å²) < 4.78 is 14.0. The maximum Gasteiger partial charge on any atom is 0.226 e. The number of carbonyl (C=O) groups is 1. The van der Waals surface area contributed by atoms with E-state index in [1.165, 1.54) is 44.6 Å². The van der Waals surface area contributed by atoms with Crippen LogP contribution >= 0.6 is 0 Å². The van der Waals surface area contributed by atoms with Crippen LogP contribution < -0.4 is 10.2 Å². The lowest BCUT2D eigenvalue weighted by molar-refractivity contribution is -0.128. The molecule has 3 fully saturated rings. The van der Waals surface area contributed by atoms with E-state index in [1.54, 1.807) is 12.1 Å². The highest BCUT2D eigenvalue weighted by Crippen LogP contribution is 2.39. The van der Waals surface area contributed by atoms with Gasteiger partial charge in [-0.15, -0.1) is 0 Å². The lowest BCUT2D eigenvalue weighted by Gasteiger charge is -2.38. The second-order valence-corrected chi connectivity index (χ2v) is 7.67. The first kappa shape index (κ1) is 18.7. The molecule has 0 aromatic heterocycles. The Morgan fingerprint density at radius 3 is 2.12 bits per heavy atom. The minimum absolute atomic E-state index is 0.150. The van der Waals surface area contributed by atoms with Gasteiger partial charge in [-0.3, -0.25) is 4.79 Å². The van der Waals surface area contributed by atoms with Crippen molar-refractivity contribution in [3.05, 3.63) is 29.6 Å². The molecule has 5 heteroatoms. The molecule has 0 bridgehead atoms. The summed E-state index contributed by atoms with van der Waals surface area (Å²) in [6, 6.07) is 6.48. The van der Waals surface area contributed by atoms with E-state index in [0.717, 1.165) is 25.8 Å². The average molecular weight is 357 g/mol. The number of hydrogen-bond acceptors (Lipinski definition) is 3. The molecule has 26 heavy (non-hydrogen) atoms. The van der Waals surface area contributed by atoms with Gasteiger partial charge in [0.25, 0.3) is 0 Å².